The van der Waals surface area contributed by atoms with E-state index < -0.39 is 0 Å². The Hall–Kier alpha value is -3.28. The van der Waals surface area contributed by atoms with Gasteiger partial charge in [-0.15, -0.1) is 0 Å². The summed E-state index contributed by atoms with van der Waals surface area (Å²) in [6.45, 7) is 3.27. The van der Waals surface area contributed by atoms with Crippen LogP contribution in [0.4, 0.5) is 0 Å². The molecule has 3 heterocycles. The summed E-state index contributed by atoms with van der Waals surface area (Å²) < 4.78 is 10.9. The number of amides is 2. The van der Waals surface area contributed by atoms with Gasteiger partial charge in [-0.3, -0.25) is 9.59 Å². The average Bonchev–Trinajstić information content (AvgIpc) is 3.40. The van der Waals surface area contributed by atoms with E-state index >= 15 is 0 Å². The third-order valence-electron chi connectivity index (χ3n) is 5.33. The molecule has 1 aromatic carbocycles. The second-order valence-electron chi connectivity index (χ2n) is 7.21. The maximum Gasteiger partial charge on any atom is 0.257 e. The molecule has 0 bridgehead atoms. The maximum atomic E-state index is 12.4. The van der Waals surface area contributed by atoms with Crippen molar-refractivity contribution in [3.63, 3.8) is 0 Å². The first-order valence-electron chi connectivity index (χ1n) is 9.96. The standard InChI is InChI=1S/C23H24N2O4/c1-2-20-19(18-5-3-4-6-21(18)29-20)7-8-22(26)24-17-9-12-25(13-10-17)23(27)16-11-14-28-15-16/h3-8,11,14-15,17H,2,9-10,12-13H2,1H3,(H,24,26)/b8-7+. The van der Waals surface area contributed by atoms with Gasteiger partial charge in [0.25, 0.3) is 5.91 Å². The Bertz CT molecular complexity index is 1020. The SMILES string of the molecule is CCc1oc2ccccc2c1/C=C/C(=O)NC1CCN(C(=O)c2ccoc2)CC1. The summed E-state index contributed by atoms with van der Waals surface area (Å²) >= 11 is 0. The minimum Gasteiger partial charge on any atom is -0.472 e. The zero-order valence-electron chi connectivity index (χ0n) is 16.4. The molecule has 150 valence electrons. The number of rotatable bonds is 5. The maximum absolute atomic E-state index is 12.4. The molecular formula is C23H24N2O4. The highest BCUT2D eigenvalue weighted by Crippen LogP contribution is 2.27. The van der Waals surface area contributed by atoms with E-state index in [9.17, 15) is 9.59 Å². The van der Waals surface area contributed by atoms with Crippen LogP contribution in [0.3, 0.4) is 0 Å². The van der Waals surface area contributed by atoms with Crippen LogP contribution in [-0.2, 0) is 11.2 Å². The topological polar surface area (TPSA) is 75.7 Å². The van der Waals surface area contributed by atoms with Crippen molar-refractivity contribution in [3.05, 3.63) is 65.8 Å². The molecule has 2 aromatic heterocycles. The fourth-order valence-electron chi connectivity index (χ4n) is 3.77. The van der Waals surface area contributed by atoms with Crippen molar-refractivity contribution < 1.29 is 18.4 Å². The van der Waals surface area contributed by atoms with Crippen molar-refractivity contribution in [2.75, 3.05) is 13.1 Å². The first-order chi connectivity index (χ1) is 14.2. The molecule has 0 unspecified atom stereocenters. The van der Waals surface area contributed by atoms with Crippen LogP contribution >= 0.6 is 0 Å². The molecule has 1 N–H and O–H groups in total. The Morgan fingerprint density at radius 2 is 2.00 bits per heavy atom. The second kappa shape index (κ2) is 8.39. The zero-order chi connectivity index (χ0) is 20.2. The van der Waals surface area contributed by atoms with E-state index in [0.29, 0.717) is 18.7 Å². The predicted molar refractivity (Wildman–Crippen MR) is 110 cm³/mol. The summed E-state index contributed by atoms with van der Waals surface area (Å²) in [5.41, 5.74) is 2.35. The van der Waals surface area contributed by atoms with E-state index in [1.54, 1.807) is 17.0 Å². The molecular weight excluding hydrogens is 368 g/mol. The summed E-state index contributed by atoms with van der Waals surface area (Å²) in [6.07, 6.45) is 8.59. The molecule has 1 aliphatic heterocycles. The highest BCUT2D eigenvalue weighted by Gasteiger charge is 2.24. The van der Waals surface area contributed by atoms with Crippen LogP contribution in [0.25, 0.3) is 17.0 Å². The molecule has 0 saturated carbocycles. The number of nitrogens with zero attached hydrogens (tertiary/aromatic N) is 1. The van der Waals surface area contributed by atoms with Crippen molar-refractivity contribution in [3.8, 4) is 0 Å². The lowest BCUT2D eigenvalue weighted by Crippen LogP contribution is -2.46. The van der Waals surface area contributed by atoms with Gasteiger partial charge in [-0.25, -0.2) is 0 Å². The number of aryl methyl sites for hydroxylation is 1. The third-order valence-corrected chi connectivity index (χ3v) is 5.33. The Labute approximate surface area is 169 Å². The molecule has 6 nitrogen and oxygen atoms in total. The molecule has 4 rings (SSSR count). The summed E-state index contributed by atoms with van der Waals surface area (Å²) in [5, 5.41) is 4.06. The quantitative estimate of drug-likeness (QED) is 0.666. The lowest BCUT2D eigenvalue weighted by molar-refractivity contribution is -0.117. The van der Waals surface area contributed by atoms with Crippen molar-refractivity contribution in [1.29, 1.82) is 0 Å². The summed E-state index contributed by atoms with van der Waals surface area (Å²) in [5.74, 6) is 0.723. The molecule has 0 radical (unpaired) electrons. The minimum absolute atomic E-state index is 0.0256. The number of fused-ring (bicyclic) bond motifs is 1. The number of furan rings is 2. The number of nitrogens with one attached hydrogen (secondary N) is 1. The highest BCUT2D eigenvalue weighted by molar-refractivity contribution is 5.96. The summed E-state index contributed by atoms with van der Waals surface area (Å²) in [4.78, 5) is 26.6. The number of piperidine rings is 1. The number of benzene rings is 1. The fourth-order valence-corrected chi connectivity index (χ4v) is 3.77. The van der Waals surface area contributed by atoms with Crippen molar-refractivity contribution in [2.24, 2.45) is 0 Å². The van der Waals surface area contributed by atoms with Gasteiger partial charge in [0.2, 0.25) is 5.91 Å². The second-order valence-corrected chi connectivity index (χ2v) is 7.21. The Morgan fingerprint density at radius 1 is 1.21 bits per heavy atom. The molecule has 29 heavy (non-hydrogen) atoms. The molecule has 6 heteroatoms. The number of para-hydroxylation sites is 1. The van der Waals surface area contributed by atoms with Gasteiger partial charge in [-0.05, 0) is 31.1 Å². The van der Waals surface area contributed by atoms with Crippen LogP contribution in [-0.4, -0.2) is 35.8 Å². The van der Waals surface area contributed by atoms with Gasteiger partial charge in [-0.1, -0.05) is 25.1 Å². The summed E-state index contributed by atoms with van der Waals surface area (Å²) in [7, 11) is 0. The van der Waals surface area contributed by atoms with Crippen LogP contribution in [0.1, 0.15) is 41.4 Å². The molecule has 3 aromatic rings. The first-order valence-corrected chi connectivity index (χ1v) is 9.96. The van der Waals surface area contributed by atoms with Gasteiger partial charge in [-0.2, -0.15) is 0 Å². The third kappa shape index (κ3) is 4.11. The Balaban J connectivity index is 1.35. The minimum atomic E-state index is -0.128. The Morgan fingerprint density at radius 3 is 2.72 bits per heavy atom. The largest absolute Gasteiger partial charge is 0.472 e. The molecule has 1 saturated heterocycles. The number of hydrogen-bond acceptors (Lipinski definition) is 4. The lowest BCUT2D eigenvalue weighted by Gasteiger charge is -2.32. The van der Waals surface area contributed by atoms with Gasteiger partial charge in [0.1, 0.15) is 17.6 Å². The molecule has 0 spiro atoms. The van der Waals surface area contributed by atoms with Gasteiger partial charge >= 0.3 is 0 Å². The number of likely N-dealkylation sites (tertiary alicyclic amines) is 1. The van der Waals surface area contributed by atoms with Gasteiger partial charge < -0.3 is 19.1 Å². The molecule has 2 amide bonds. The molecule has 0 atom stereocenters. The van der Waals surface area contributed by atoms with E-state index in [1.165, 1.54) is 12.5 Å². The molecule has 1 aliphatic rings. The van der Waals surface area contributed by atoms with Crippen LogP contribution < -0.4 is 5.32 Å². The van der Waals surface area contributed by atoms with Crippen LogP contribution in [0.5, 0.6) is 0 Å². The predicted octanol–water partition coefficient (Wildman–Crippen LogP) is 4.02. The lowest BCUT2D eigenvalue weighted by atomic mass is 10.0. The van der Waals surface area contributed by atoms with Crippen molar-refractivity contribution >= 4 is 28.9 Å². The van der Waals surface area contributed by atoms with Crippen LogP contribution in [0, 0.1) is 0 Å². The van der Waals surface area contributed by atoms with Crippen LogP contribution in [0.15, 0.2) is 57.8 Å². The van der Waals surface area contributed by atoms with E-state index in [2.05, 4.69) is 5.32 Å². The van der Waals surface area contributed by atoms with Crippen molar-refractivity contribution in [2.45, 2.75) is 32.2 Å². The molecule has 0 aliphatic carbocycles. The number of hydrogen-bond donors (Lipinski definition) is 1. The normalized spacial score (nSPS) is 15.3. The molecule has 1 fully saturated rings. The fraction of sp³-hybridized carbons (Fsp3) is 0.304. The summed E-state index contributed by atoms with van der Waals surface area (Å²) in [6, 6.07) is 9.58. The van der Waals surface area contributed by atoms with E-state index in [1.807, 2.05) is 37.3 Å². The first kappa shape index (κ1) is 19.1. The monoisotopic (exact) mass is 392 g/mol. The van der Waals surface area contributed by atoms with E-state index in [4.69, 9.17) is 8.83 Å². The number of carbonyl (C=O) groups excluding carboxylic acids is 2. The Kier molecular flexibility index (Phi) is 5.51. The van der Waals surface area contributed by atoms with Gasteiger partial charge in [0.05, 0.1) is 11.8 Å². The van der Waals surface area contributed by atoms with E-state index in [-0.39, 0.29) is 17.9 Å². The smallest absolute Gasteiger partial charge is 0.257 e. The highest BCUT2D eigenvalue weighted by atomic mass is 16.3. The van der Waals surface area contributed by atoms with Crippen molar-refractivity contribution in [1.82, 2.24) is 10.2 Å². The number of carbonyl (C=O) groups is 2. The van der Waals surface area contributed by atoms with Gasteiger partial charge in [0, 0.05) is 42.6 Å². The van der Waals surface area contributed by atoms with Gasteiger partial charge in [0.15, 0.2) is 0 Å². The van der Waals surface area contributed by atoms with Crippen LogP contribution in [0.2, 0.25) is 0 Å². The zero-order valence-corrected chi connectivity index (χ0v) is 16.4. The average molecular weight is 392 g/mol. The van der Waals surface area contributed by atoms with E-state index in [0.717, 1.165) is 41.6 Å².